The molecule has 0 bridgehead atoms. The highest BCUT2D eigenvalue weighted by Crippen LogP contribution is 2.26. The number of nitrogen functional groups attached to an aromatic ring is 1. The average Bonchev–Trinajstić information content (AvgIpc) is 2.78. The molecular formula is C13H10N4O3. The number of phenols is 1. The number of hydrogen-bond acceptors (Lipinski definition) is 5. The van der Waals surface area contributed by atoms with Crippen LogP contribution in [0.3, 0.4) is 0 Å². The van der Waals surface area contributed by atoms with Gasteiger partial charge >= 0.3 is 5.97 Å². The number of pyridine rings is 1. The first-order valence-corrected chi connectivity index (χ1v) is 5.74. The van der Waals surface area contributed by atoms with Gasteiger partial charge in [0, 0.05) is 5.56 Å². The number of benzene rings is 1. The Bertz CT molecular complexity index is 808. The van der Waals surface area contributed by atoms with Gasteiger partial charge in [-0.05, 0) is 29.8 Å². The minimum Gasteiger partial charge on any atom is -0.508 e. The van der Waals surface area contributed by atoms with Crippen molar-refractivity contribution in [3.63, 3.8) is 0 Å². The van der Waals surface area contributed by atoms with E-state index in [2.05, 4.69) is 10.1 Å². The maximum atomic E-state index is 11.5. The number of phenolic OH excluding ortho intramolecular Hbond substituents is 1. The first-order chi connectivity index (χ1) is 9.56. The normalized spacial score (nSPS) is 10.8. The summed E-state index contributed by atoms with van der Waals surface area (Å²) in [6.07, 6.45) is 0. The second-order valence-electron chi connectivity index (χ2n) is 4.19. The van der Waals surface area contributed by atoms with Gasteiger partial charge in [0.05, 0.1) is 0 Å². The first-order valence-electron chi connectivity index (χ1n) is 5.74. The third-order valence-electron chi connectivity index (χ3n) is 2.90. The van der Waals surface area contributed by atoms with Crippen LogP contribution in [0.5, 0.6) is 5.75 Å². The molecule has 20 heavy (non-hydrogen) atoms. The van der Waals surface area contributed by atoms with Crippen molar-refractivity contribution in [1.82, 2.24) is 14.6 Å². The number of nitrogens with zero attached hydrogens (tertiary/aromatic N) is 3. The number of carbonyl (C=O) groups is 1. The summed E-state index contributed by atoms with van der Waals surface area (Å²) in [5.74, 6) is -1.02. The molecule has 0 aliphatic rings. The van der Waals surface area contributed by atoms with Gasteiger partial charge in [-0.3, -0.25) is 0 Å². The Morgan fingerprint density at radius 3 is 2.50 bits per heavy atom. The fraction of sp³-hybridized carbons (Fsp3) is 0. The Morgan fingerprint density at radius 2 is 1.85 bits per heavy atom. The lowest BCUT2D eigenvalue weighted by molar-refractivity contribution is 0.0688. The SMILES string of the molecule is Nc1nc2ccc(-c3ccc(O)cc3)c(C(=O)O)n2n1. The van der Waals surface area contributed by atoms with Gasteiger partial charge in [-0.25, -0.2) is 9.31 Å². The van der Waals surface area contributed by atoms with E-state index in [4.69, 9.17) is 5.73 Å². The standard InChI is InChI=1S/C13H10N4O3/c14-13-15-10-6-5-9(7-1-3-8(18)4-2-7)11(12(19)20)17(10)16-13/h1-6,18H,(H2,14,16)(H,19,20). The van der Waals surface area contributed by atoms with E-state index in [1.54, 1.807) is 24.3 Å². The zero-order valence-electron chi connectivity index (χ0n) is 10.2. The first kappa shape index (κ1) is 12.0. The zero-order valence-corrected chi connectivity index (χ0v) is 10.2. The summed E-state index contributed by atoms with van der Waals surface area (Å²) < 4.78 is 1.19. The van der Waals surface area contributed by atoms with Crippen LogP contribution in [0.4, 0.5) is 5.95 Å². The Balaban J connectivity index is 2.32. The van der Waals surface area contributed by atoms with Crippen LogP contribution >= 0.6 is 0 Å². The summed E-state index contributed by atoms with van der Waals surface area (Å²) in [6, 6.07) is 9.51. The Kier molecular flexibility index (Phi) is 2.53. The van der Waals surface area contributed by atoms with Crippen LogP contribution in [-0.2, 0) is 0 Å². The predicted molar refractivity (Wildman–Crippen MR) is 71.5 cm³/mol. The zero-order chi connectivity index (χ0) is 14.3. The highest BCUT2D eigenvalue weighted by molar-refractivity contribution is 5.95. The lowest BCUT2D eigenvalue weighted by atomic mass is 10.0. The van der Waals surface area contributed by atoms with E-state index in [-0.39, 0.29) is 17.4 Å². The molecule has 2 aromatic heterocycles. The van der Waals surface area contributed by atoms with Gasteiger partial charge in [0.1, 0.15) is 5.75 Å². The maximum Gasteiger partial charge on any atom is 0.355 e. The number of anilines is 1. The molecule has 0 unspecified atom stereocenters. The molecule has 0 saturated heterocycles. The second kappa shape index (κ2) is 4.23. The van der Waals surface area contributed by atoms with Crippen molar-refractivity contribution in [2.24, 2.45) is 0 Å². The molecule has 0 amide bonds. The van der Waals surface area contributed by atoms with Gasteiger partial charge in [-0.2, -0.15) is 4.98 Å². The minimum atomic E-state index is -1.14. The molecule has 2 heterocycles. The third-order valence-corrected chi connectivity index (χ3v) is 2.90. The van der Waals surface area contributed by atoms with Crippen molar-refractivity contribution >= 4 is 17.6 Å². The number of nitrogens with two attached hydrogens (primary N) is 1. The molecular weight excluding hydrogens is 260 g/mol. The Morgan fingerprint density at radius 1 is 1.15 bits per heavy atom. The maximum absolute atomic E-state index is 11.5. The highest BCUT2D eigenvalue weighted by atomic mass is 16.4. The van der Waals surface area contributed by atoms with Crippen LogP contribution in [0.1, 0.15) is 10.5 Å². The third kappa shape index (κ3) is 1.81. The van der Waals surface area contributed by atoms with Crippen LogP contribution < -0.4 is 5.73 Å². The molecule has 0 aliphatic carbocycles. The summed E-state index contributed by atoms with van der Waals surface area (Å²) >= 11 is 0. The molecule has 0 spiro atoms. The quantitative estimate of drug-likeness (QED) is 0.648. The number of carboxylic acid groups (broad SMARTS) is 1. The largest absolute Gasteiger partial charge is 0.508 e. The van der Waals surface area contributed by atoms with Gasteiger partial charge in [0.25, 0.3) is 0 Å². The summed E-state index contributed by atoms with van der Waals surface area (Å²) in [4.78, 5) is 15.4. The number of carboxylic acids is 1. The van der Waals surface area contributed by atoms with Gasteiger partial charge in [-0.1, -0.05) is 12.1 Å². The number of aromatic hydroxyl groups is 1. The molecule has 0 radical (unpaired) electrons. The fourth-order valence-corrected chi connectivity index (χ4v) is 2.04. The number of aromatic nitrogens is 3. The van der Waals surface area contributed by atoms with Crippen molar-refractivity contribution in [1.29, 1.82) is 0 Å². The van der Waals surface area contributed by atoms with E-state index < -0.39 is 5.97 Å². The van der Waals surface area contributed by atoms with Crippen molar-refractivity contribution < 1.29 is 15.0 Å². The molecule has 7 heteroatoms. The molecule has 0 aliphatic heterocycles. The summed E-state index contributed by atoms with van der Waals surface area (Å²) in [5.41, 5.74) is 6.95. The molecule has 3 rings (SSSR count). The van der Waals surface area contributed by atoms with E-state index in [1.165, 1.54) is 16.6 Å². The lowest BCUT2D eigenvalue weighted by Crippen LogP contribution is -2.09. The summed E-state index contributed by atoms with van der Waals surface area (Å²) in [6.45, 7) is 0. The average molecular weight is 270 g/mol. The number of aromatic carboxylic acids is 1. The smallest absolute Gasteiger partial charge is 0.355 e. The Hall–Kier alpha value is -3.09. The van der Waals surface area contributed by atoms with Gasteiger partial charge in [0.2, 0.25) is 5.95 Å². The predicted octanol–water partition coefficient (Wildman–Crippen LogP) is 1.38. The van der Waals surface area contributed by atoms with Crippen molar-refractivity contribution in [2.75, 3.05) is 5.73 Å². The van der Waals surface area contributed by atoms with Crippen LogP contribution in [-0.4, -0.2) is 30.8 Å². The number of fused-ring (bicyclic) bond motifs is 1. The minimum absolute atomic E-state index is 0.00959. The van der Waals surface area contributed by atoms with E-state index in [0.29, 0.717) is 16.8 Å². The molecule has 1 aromatic carbocycles. The number of hydrogen-bond donors (Lipinski definition) is 3. The topological polar surface area (TPSA) is 114 Å². The molecule has 100 valence electrons. The van der Waals surface area contributed by atoms with Gasteiger partial charge in [-0.15, -0.1) is 5.10 Å². The van der Waals surface area contributed by atoms with Crippen molar-refractivity contribution in [3.8, 4) is 16.9 Å². The molecule has 7 nitrogen and oxygen atoms in total. The van der Waals surface area contributed by atoms with E-state index in [9.17, 15) is 15.0 Å². The molecule has 0 fully saturated rings. The molecule has 4 N–H and O–H groups in total. The van der Waals surface area contributed by atoms with E-state index in [1.807, 2.05) is 0 Å². The molecule has 0 saturated carbocycles. The van der Waals surface area contributed by atoms with Crippen LogP contribution in [0.25, 0.3) is 16.8 Å². The van der Waals surface area contributed by atoms with Gasteiger partial charge in [0.15, 0.2) is 11.3 Å². The van der Waals surface area contributed by atoms with Crippen LogP contribution in [0, 0.1) is 0 Å². The van der Waals surface area contributed by atoms with Crippen molar-refractivity contribution in [2.45, 2.75) is 0 Å². The Labute approximate surface area is 112 Å². The van der Waals surface area contributed by atoms with E-state index in [0.717, 1.165) is 0 Å². The lowest BCUT2D eigenvalue weighted by Gasteiger charge is -2.07. The summed E-state index contributed by atoms with van der Waals surface area (Å²) in [7, 11) is 0. The fourth-order valence-electron chi connectivity index (χ4n) is 2.04. The molecule has 3 aromatic rings. The monoisotopic (exact) mass is 270 g/mol. The molecule has 0 atom stereocenters. The van der Waals surface area contributed by atoms with E-state index >= 15 is 0 Å². The van der Waals surface area contributed by atoms with Crippen LogP contribution in [0.15, 0.2) is 36.4 Å². The van der Waals surface area contributed by atoms with Crippen molar-refractivity contribution in [3.05, 3.63) is 42.1 Å². The van der Waals surface area contributed by atoms with Crippen LogP contribution in [0.2, 0.25) is 0 Å². The second-order valence-corrected chi connectivity index (χ2v) is 4.19. The van der Waals surface area contributed by atoms with Gasteiger partial charge < -0.3 is 15.9 Å². The number of rotatable bonds is 2. The summed E-state index contributed by atoms with van der Waals surface area (Å²) in [5, 5.41) is 22.6. The highest BCUT2D eigenvalue weighted by Gasteiger charge is 2.18.